The Morgan fingerprint density at radius 1 is 1.10 bits per heavy atom. The zero-order chi connectivity index (χ0) is 29.7. The first-order chi connectivity index (χ1) is 19.1. The summed E-state index contributed by atoms with van der Waals surface area (Å²) in [4.78, 5) is 67.3. The van der Waals surface area contributed by atoms with Gasteiger partial charge >= 0.3 is 11.9 Å². The molecule has 0 saturated carbocycles. The van der Waals surface area contributed by atoms with Gasteiger partial charge in [0, 0.05) is 30.0 Å². The van der Waals surface area contributed by atoms with E-state index in [9.17, 15) is 24.0 Å². The molecule has 0 bridgehead atoms. The predicted molar refractivity (Wildman–Crippen MR) is 145 cm³/mol. The van der Waals surface area contributed by atoms with Gasteiger partial charge in [-0.3, -0.25) is 19.2 Å². The highest BCUT2D eigenvalue weighted by atomic mass is 16.5. The van der Waals surface area contributed by atoms with E-state index in [1.165, 1.54) is 25.1 Å². The number of carbonyl (C=O) groups is 5. The maximum atomic E-state index is 14.0. The maximum Gasteiger partial charge on any atom is 0.328 e. The normalized spacial score (nSPS) is 11.7. The van der Waals surface area contributed by atoms with Crippen molar-refractivity contribution < 1.29 is 33.4 Å². The topological polar surface area (TPSA) is 180 Å². The van der Waals surface area contributed by atoms with Crippen molar-refractivity contribution in [2.45, 2.75) is 45.7 Å². The third kappa shape index (κ3) is 9.44. The summed E-state index contributed by atoms with van der Waals surface area (Å²) >= 11 is 0. The van der Waals surface area contributed by atoms with Gasteiger partial charge in [0.25, 0.3) is 5.91 Å². The molecule has 3 amide bonds. The van der Waals surface area contributed by atoms with Crippen molar-refractivity contribution >= 4 is 41.0 Å². The van der Waals surface area contributed by atoms with Crippen LogP contribution in [0, 0.1) is 0 Å². The quantitative estimate of drug-likeness (QED) is 0.165. The number of carbonyl (C=O) groups excluding carboxylic acids is 5. The number of ether oxygens (including phenoxy) is 2. The van der Waals surface area contributed by atoms with E-state index >= 15 is 0 Å². The number of anilines is 1. The molecule has 0 heterocycles. The molecule has 0 radical (unpaired) electrons. The number of amides is 3. The monoisotopic (exact) mass is 552 g/mol. The summed E-state index contributed by atoms with van der Waals surface area (Å²) in [5.41, 5.74) is 9.74. The lowest BCUT2D eigenvalue weighted by molar-refractivity contribution is -0.146. The maximum absolute atomic E-state index is 14.0. The fraction of sp³-hybridized carbons (Fsp3) is 0.370. The molecular weight excluding hydrogens is 520 g/mol. The van der Waals surface area contributed by atoms with E-state index in [-0.39, 0.29) is 36.4 Å². The molecule has 0 saturated heterocycles. The van der Waals surface area contributed by atoms with Crippen LogP contribution in [0.25, 0.3) is 10.4 Å². The lowest BCUT2D eigenvalue weighted by Crippen LogP contribution is -2.52. The molecule has 2 rings (SSSR count). The molecule has 2 atom stereocenters. The van der Waals surface area contributed by atoms with Gasteiger partial charge in [-0.15, -0.1) is 0 Å². The minimum Gasteiger partial charge on any atom is -0.467 e. The Labute approximate surface area is 231 Å². The van der Waals surface area contributed by atoms with Crippen LogP contribution in [0.5, 0.6) is 0 Å². The Hall–Kier alpha value is -4.90. The molecule has 2 aromatic rings. The summed E-state index contributed by atoms with van der Waals surface area (Å²) in [6.45, 7) is 4.13. The van der Waals surface area contributed by atoms with E-state index in [4.69, 9.17) is 15.0 Å². The first-order valence-corrected chi connectivity index (χ1v) is 12.4. The number of esters is 2. The van der Waals surface area contributed by atoms with E-state index in [1.807, 2.05) is 0 Å². The molecule has 0 fully saturated rings. The summed E-state index contributed by atoms with van der Waals surface area (Å²) in [6, 6.07) is 11.0. The summed E-state index contributed by atoms with van der Waals surface area (Å²) in [5, 5.41) is 8.75. The van der Waals surface area contributed by atoms with Gasteiger partial charge in [0.05, 0.1) is 31.4 Å². The Morgan fingerprint density at radius 2 is 1.80 bits per heavy atom. The number of methoxy groups -OCH3 is 1. The molecule has 0 aliphatic rings. The fourth-order valence-corrected chi connectivity index (χ4v) is 3.89. The molecule has 0 spiro atoms. The molecule has 13 heteroatoms. The van der Waals surface area contributed by atoms with Crippen molar-refractivity contribution in [2.75, 3.05) is 25.6 Å². The van der Waals surface area contributed by atoms with Gasteiger partial charge < -0.3 is 25.0 Å². The van der Waals surface area contributed by atoms with E-state index < -0.39 is 48.3 Å². The minimum absolute atomic E-state index is 0.00709. The van der Waals surface area contributed by atoms with Crippen LogP contribution in [0.2, 0.25) is 0 Å². The molecule has 2 N–H and O–H groups in total. The summed E-state index contributed by atoms with van der Waals surface area (Å²) in [5.74, 6) is -3.18. The average molecular weight is 553 g/mol. The van der Waals surface area contributed by atoms with E-state index in [0.29, 0.717) is 5.56 Å². The van der Waals surface area contributed by atoms with Crippen molar-refractivity contribution in [1.82, 2.24) is 10.2 Å². The summed E-state index contributed by atoms with van der Waals surface area (Å²) < 4.78 is 9.89. The number of hydrogen-bond acceptors (Lipinski definition) is 8. The predicted octanol–water partition coefficient (Wildman–Crippen LogP) is 3.27. The molecular formula is C27H32N6O7. The summed E-state index contributed by atoms with van der Waals surface area (Å²) in [7, 11) is 1.16. The second-order valence-electron chi connectivity index (χ2n) is 8.74. The van der Waals surface area contributed by atoms with Gasteiger partial charge in [-0.25, -0.2) is 4.79 Å². The van der Waals surface area contributed by atoms with Crippen molar-refractivity contribution in [3.63, 3.8) is 0 Å². The number of azide groups is 1. The van der Waals surface area contributed by atoms with Crippen LogP contribution < -0.4 is 10.6 Å². The Kier molecular flexibility index (Phi) is 12.1. The highest BCUT2D eigenvalue weighted by molar-refractivity contribution is 6.04. The van der Waals surface area contributed by atoms with Crippen LogP contribution in [0.1, 0.15) is 43.1 Å². The second-order valence-corrected chi connectivity index (χ2v) is 8.74. The van der Waals surface area contributed by atoms with E-state index in [2.05, 4.69) is 20.7 Å². The van der Waals surface area contributed by atoms with Gasteiger partial charge in [0.2, 0.25) is 11.8 Å². The standard InChI is InChI=1S/C27H32N6O7/c1-5-40-25(36)13-17(2)29-24(35)16-33(23(27(38)39-4)14-19-9-7-6-8-10-19)26(37)21-15-20(30-18(3)34)11-12-22(21)31-32-28/h6-12,15,17,23H,5,13-14,16H2,1-4H3,(H,29,35)(H,30,34)/t17-,23+/m0/s1. The van der Waals surface area contributed by atoms with Crippen LogP contribution in [0.3, 0.4) is 0 Å². The minimum atomic E-state index is -1.26. The van der Waals surface area contributed by atoms with Crippen LogP contribution in [0.4, 0.5) is 11.4 Å². The Morgan fingerprint density at radius 3 is 2.40 bits per heavy atom. The van der Waals surface area contributed by atoms with Crippen molar-refractivity contribution in [3.05, 3.63) is 70.1 Å². The zero-order valence-corrected chi connectivity index (χ0v) is 22.7. The van der Waals surface area contributed by atoms with Crippen LogP contribution in [-0.2, 0) is 35.1 Å². The molecule has 2 aromatic carbocycles. The Balaban J connectivity index is 2.53. The van der Waals surface area contributed by atoms with Crippen LogP contribution in [0.15, 0.2) is 53.6 Å². The average Bonchev–Trinajstić information content (AvgIpc) is 2.91. The summed E-state index contributed by atoms with van der Waals surface area (Å²) in [6.07, 6.45) is -0.0923. The lowest BCUT2D eigenvalue weighted by Gasteiger charge is -2.30. The molecule has 212 valence electrons. The van der Waals surface area contributed by atoms with Crippen LogP contribution in [-0.4, -0.2) is 66.9 Å². The first kappa shape index (κ1) is 31.3. The van der Waals surface area contributed by atoms with Crippen molar-refractivity contribution in [1.29, 1.82) is 0 Å². The van der Waals surface area contributed by atoms with Gasteiger partial charge in [0.1, 0.15) is 12.6 Å². The van der Waals surface area contributed by atoms with Gasteiger partial charge in [-0.05, 0) is 43.1 Å². The number of nitrogens with zero attached hydrogens (tertiary/aromatic N) is 4. The number of rotatable bonds is 13. The number of nitrogens with one attached hydrogen (secondary N) is 2. The SMILES string of the molecule is CCOC(=O)C[C@H](C)NC(=O)CN(C(=O)c1cc(NC(C)=O)ccc1N=[N+]=[N-])[C@H](Cc1ccccc1)C(=O)OC. The first-order valence-electron chi connectivity index (χ1n) is 12.4. The number of benzene rings is 2. The van der Waals surface area contributed by atoms with E-state index in [0.717, 1.165) is 12.0 Å². The van der Waals surface area contributed by atoms with Crippen molar-refractivity contribution in [3.8, 4) is 0 Å². The van der Waals surface area contributed by atoms with Gasteiger partial charge in [-0.2, -0.15) is 0 Å². The fourth-order valence-electron chi connectivity index (χ4n) is 3.89. The second kappa shape index (κ2) is 15.5. The van der Waals surface area contributed by atoms with Crippen molar-refractivity contribution in [2.24, 2.45) is 5.11 Å². The zero-order valence-electron chi connectivity index (χ0n) is 22.7. The highest BCUT2D eigenvalue weighted by Crippen LogP contribution is 2.27. The van der Waals surface area contributed by atoms with Crippen LogP contribution >= 0.6 is 0 Å². The number of hydrogen-bond donors (Lipinski definition) is 2. The third-order valence-electron chi connectivity index (χ3n) is 5.58. The van der Waals surface area contributed by atoms with E-state index in [1.54, 1.807) is 44.2 Å². The molecule has 40 heavy (non-hydrogen) atoms. The molecule has 0 aromatic heterocycles. The molecule has 13 nitrogen and oxygen atoms in total. The highest BCUT2D eigenvalue weighted by Gasteiger charge is 2.34. The lowest BCUT2D eigenvalue weighted by atomic mass is 10.0. The van der Waals surface area contributed by atoms with Gasteiger partial charge in [0.15, 0.2) is 0 Å². The third-order valence-corrected chi connectivity index (χ3v) is 5.58. The smallest absolute Gasteiger partial charge is 0.328 e. The molecule has 0 unspecified atom stereocenters. The largest absolute Gasteiger partial charge is 0.467 e. The molecule has 0 aliphatic heterocycles. The molecule has 0 aliphatic carbocycles. The van der Waals surface area contributed by atoms with Gasteiger partial charge in [-0.1, -0.05) is 35.4 Å². The Bertz CT molecular complexity index is 1280.